The van der Waals surface area contributed by atoms with E-state index in [9.17, 15) is 9.59 Å². The van der Waals surface area contributed by atoms with Crippen molar-refractivity contribution in [2.75, 3.05) is 13.2 Å². The van der Waals surface area contributed by atoms with E-state index >= 15 is 0 Å². The molecule has 0 saturated carbocycles. The maximum Gasteiger partial charge on any atom is 0.333 e. The predicted octanol–water partition coefficient (Wildman–Crippen LogP) is 0.850. The summed E-state index contributed by atoms with van der Waals surface area (Å²) in [4.78, 5) is 25.7. The highest BCUT2D eigenvalue weighted by Crippen LogP contribution is 2.26. The van der Waals surface area contributed by atoms with Gasteiger partial charge < -0.3 is 15.4 Å². The minimum absolute atomic E-state index is 0.193. The van der Waals surface area contributed by atoms with Crippen LogP contribution in [0.3, 0.4) is 0 Å². The van der Waals surface area contributed by atoms with Gasteiger partial charge in [0.2, 0.25) is 5.91 Å². The number of amides is 1. The van der Waals surface area contributed by atoms with Gasteiger partial charge in [-0.15, -0.1) is 0 Å². The minimum Gasteiger partial charge on any atom is -0.464 e. The first kappa shape index (κ1) is 13.5. The highest BCUT2D eigenvalue weighted by Gasteiger charge is 2.38. The van der Waals surface area contributed by atoms with Crippen LogP contribution in [0.1, 0.15) is 24.9 Å². The van der Waals surface area contributed by atoms with Crippen molar-refractivity contribution in [2.45, 2.75) is 25.4 Å². The number of nitrogens with zero attached hydrogens (tertiary/aromatic N) is 1. The molecule has 19 heavy (non-hydrogen) atoms. The largest absolute Gasteiger partial charge is 0.464 e. The van der Waals surface area contributed by atoms with E-state index in [4.69, 9.17) is 10.5 Å². The summed E-state index contributed by atoms with van der Waals surface area (Å²) in [7, 11) is 0. The second-order valence-corrected chi connectivity index (χ2v) is 4.49. The maximum absolute atomic E-state index is 12.1. The molecule has 2 N–H and O–H groups in total. The molecule has 0 aromatic heterocycles. The van der Waals surface area contributed by atoms with Crippen molar-refractivity contribution in [1.82, 2.24) is 4.90 Å². The Morgan fingerprint density at radius 3 is 2.68 bits per heavy atom. The van der Waals surface area contributed by atoms with Gasteiger partial charge in [0.05, 0.1) is 12.6 Å². The lowest BCUT2D eigenvalue weighted by molar-refractivity contribution is -0.153. The van der Waals surface area contributed by atoms with Crippen molar-refractivity contribution in [3.8, 4) is 0 Å². The van der Waals surface area contributed by atoms with E-state index in [0.29, 0.717) is 13.0 Å². The molecular formula is C14H18N2O3. The normalized spacial score (nSPS) is 20.4. The second kappa shape index (κ2) is 5.84. The number of esters is 1. The molecular weight excluding hydrogens is 244 g/mol. The Kier molecular flexibility index (Phi) is 4.16. The summed E-state index contributed by atoms with van der Waals surface area (Å²) >= 11 is 0. The third-order valence-electron chi connectivity index (χ3n) is 3.22. The highest BCUT2D eigenvalue weighted by molar-refractivity contribution is 5.89. The molecule has 1 heterocycles. The van der Waals surface area contributed by atoms with Crippen LogP contribution < -0.4 is 5.73 Å². The third-order valence-corrected chi connectivity index (χ3v) is 3.22. The van der Waals surface area contributed by atoms with Crippen LogP contribution in [-0.2, 0) is 14.3 Å². The Labute approximate surface area is 112 Å². The van der Waals surface area contributed by atoms with E-state index in [1.54, 1.807) is 6.92 Å². The molecule has 1 aliphatic rings. The van der Waals surface area contributed by atoms with Crippen LogP contribution in [0.15, 0.2) is 30.3 Å². The zero-order chi connectivity index (χ0) is 13.8. The molecule has 1 fully saturated rings. The number of carbonyl (C=O) groups is 2. The Balaban J connectivity index is 2.30. The van der Waals surface area contributed by atoms with Gasteiger partial charge in [0.15, 0.2) is 6.04 Å². The molecule has 102 valence electrons. The molecule has 1 amide bonds. The Hall–Kier alpha value is -1.88. The minimum atomic E-state index is -0.692. The van der Waals surface area contributed by atoms with Crippen LogP contribution in [-0.4, -0.2) is 36.0 Å². The number of carbonyl (C=O) groups excluding carboxylic acids is 2. The number of hydrogen-bond acceptors (Lipinski definition) is 4. The van der Waals surface area contributed by atoms with Crippen molar-refractivity contribution < 1.29 is 14.3 Å². The smallest absolute Gasteiger partial charge is 0.333 e. The van der Waals surface area contributed by atoms with E-state index in [2.05, 4.69) is 0 Å². The monoisotopic (exact) mass is 262 g/mol. The molecule has 0 radical (unpaired) electrons. The number of rotatable bonds is 4. The Bertz CT molecular complexity index is 461. The summed E-state index contributed by atoms with van der Waals surface area (Å²) in [5.74, 6) is -0.599. The van der Waals surface area contributed by atoms with Gasteiger partial charge in [0.1, 0.15) is 0 Å². The number of benzene rings is 1. The van der Waals surface area contributed by atoms with Gasteiger partial charge in [-0.25, -0.2) is 4.79 Å². The third kappa shape index (κ3) is 2.76. The standard InChI is InChI=1S/C14H18N2O3/c1-2-19-14(18)12(10-6-4-3-5-7-10)16-9-8-11(15)13(16)17/h3-7,11-12H,2,8-9,15H2,1H3. The summed E-state index contributed by atoms with van der Waals surface area (Å²) in [6.45, 7) is 2.52. The van der Waals surface area contributed by atoms with E-state index in [-0.39, 0.29) is 12.5 Å². The summed E-state index contributed by atoms with van der Waals surface area (Å²) in [5, 5.41) is 0. The molecule has 2 atom stereocenters. The van der Waals surface area contributed by atoms with E-state index < -0.39 is 18.1 Å². The lowest BCUT2D eigenvalue weighted by Gasteiger charge is -2.26. The van der Waals surface area contributed by atoms with Crippen molar-refractivity contribution in [1.29, 1.82) is 0 Å². The average Bonchev–Trinajstić information content (AvgIpc) is 2.73. The first-order chi connectivity index (χ1) is 9.15. The number of hydrogen-bond donors (Lipinski definition) is 1. The molecule has 1 saturated heterocycles. The topological polar surface area (TPSA) is 72.6 Å². The van der Waals surface area contributed by atoms with Crippen LogP contribution in [0.4, 0.5) is 0 Å². The fourth-order valence-electron chi connectivity index (χ4n) is 2.28. The zero-order valence-corrected chi connectivity index (χ0v) is 10.9. The summed E-state index contributed by atoms with van der Waals surface area (Å²) in [5.41, 5.74) is 6.47. The summed E-state index contributed by atoms with van der Waals surface area (Å²) in [6, 6.07) is 7.97. The fourth-order valence-corrected chi connectivity index (χ4v) is 2.28. The van der Waals surface area contributed by atoms with Gasteiger partial charge in [-0.2, -0.15) is 0 Å². The van der Waals surface area contributed by atoms with Gasteiger partial charge in [0.25, 0.3) is 0 Å². The molecule has 2 rings (SSSR count). The van der Waals surface area contributed by atoms with Gasteiger partial charge in [0, 0.05) is 6.54 Å². The zero-order valence-electron chi connectivity index (χ0n) is 10.9. The first-order valence-electron chi connectivity index (χ1n) is 6.42. The van der Waals surface area contributed by atoms with E-state index in [1.165, 1.54) is 4.90 Å². The number of likely N-dealkylation sites (tertiary alicyclic amines) is 1. The highest BCUT2D eigenvalue weighted by atomic mass is 16.5. The number of nitrogens with two attached hydrogens (primary N) is 1. The average molecular weight is 262 g/mol. The van der Waals surface area contributed by atoms with Gasteiger partial charge in [-0.05, 0) is 18.9 Å². The van der Waals surface area contributed by atoms with Crippen LogP contribution in [0.5, 0.6) is 0 Å². The van der Waals surface area contributed by atoms with Crippen LogP contribution in [0.2, 0.25) is 0 Å². The molecule has 0 spiro atoms. The molecule has 1 aromatic rings. The number of ether oxygens (including phenoxy) is 1. The molecule has 1 aliphatic heterocycles. The molecule has 5 nitrogen and oxygen atoms in total. The molecule has 0 bridgehead atoms. The van der Waals surface area contributed by atoms with E-state index in [1.807, 2.05) is 30.3 Å². The SMILES string of the molecule is CCOC(=O)C(c1ccccc1)N1CCC(N)C1=O. The quantitative estimate of drug-likeness (QED) is 0.816. The predicted molar refractivity (Wildman–Crippen MR) is 70.1 cm³/mol. The molecule has 2 unspecified atom stereocenters. The Morgan fingerprint density at radius 2 is 2.16 bits per heavy atom. The summed E-state index contributed by atoms with van der Waals surface area (Å²) in [6.07, 6.45) is 0.571. The summed E-state index contributed by atoms with van der Waals surface area (Å²) < 4.78 is 5.08. The lowest BCUT2D eigenvalue weighted by atomic mass is 10.1. The van der Waals surface area contributed by atoms with Crippen molar-refractivity contribution >= 4 is 11.9 Å². The lowest BCUT2D eigenvalue weighted by Crippen LogP contribution is -2.40. The second-order valence-electron chi connectivity index (χ2n) is 4.49. The van der Waals surface area contributed by atoms with Gasteiger partial charge >= 0.3 is 5.97 Å². The molecule has 5 heteroatoms. The van der Waals surface area contributed by atoms with Crippen molar-refractivity contribution in [3.05, 3.63) is 35.9 Å². The van der Waals surface area contributed by atoms with Crippen molar-refractivity contribution in [2.24, 2.45) is 5.73 Å². The van der Waals surface area contributed by atoms with Crippen molar-refractivity contribution in [3.63, 3.8) is 0 Å². The molecule has 1 aromatic carbocycles. The van der Waals surface area contributed by atoms with Crippen LogP contribution in [0.25, 0.3) is 0 Å². The van der Waals surface area contributed by atoms with Gasteiger partial charge in [-0.3, -0.25) is 4.79 Å². The van der Waals surface area contributed by atoms with Gasteiger partial charge in [-0.1, -0.05) is 30.3 Å². The van der Waals surface area contributed by atoms with E-state index in [0.717, 1.165) is 5.56 Å². The fraction of sp³-hybridized carbons (Fsp3) is 0.429. The van der Waals surface area contributed by atoms with Crippen LogP contribution in [0, 0.1) is 0 Å². The Morgan fingerprint density at radius 1 is 1.47 bits per heavy atom. The maximum atomic E-state index is 12.1. The first-order valence-corrected chi connectivity index (χ1v) is 6.42. The molecule has 0 aliphatic carbocycles. The van der Waals surface area contributed by atoms with Crippen LogP contribution >= 0.6 is 0 Å².